The molecule has 9 rings (SSSR count). The third kappa shape index (κ3) is 5.66. The molecule has 4 aliphatic heterocycles. The van der Waals surface area contributed by atoms with E-state index >= 15 is 0 Å². The van der Waals surface area contributed by atoms with Gasteiger partial charge in [-0.25, -0.2) is 4.98 Å². The zero-order valence-corrected chi connectivity index (χ0v) is 29.9. The second-order valence-corrected chi connectivity index (χ2v) is 16.0. The van der Waals surface area contributed by atoms with Gasteiger partial charge in [-0.3, -0.25) is 14.8 Å². The van der Waals surface area contributed by atoms with Crippen LogP contribution in [0.15, 0.2) is 37.1 Å². The predicted octanol–water partition coefficient (Wildman–Crippen LogP) is 6.27. The van der Waals surface area contributed by atoms with E-state index < -0.39 is 12.8 Å². The predicted molar refractivity (Wildman–Crippen MR) is 195 cm³/mol. The molecular formula is C39H45F3N8O2. The van der Waals surface area contributed by atoms with Gasteiger partial charge in [0.15, 0.2) is 12.4 Å². The van der Waals surface area contributed by atoms with E-state index in [1.807, 2.05) is 30.9 Å². The number of nitrogens with one attached hydrogen (secondary N) is 1. The van der Waals surface area contributed by atoms with Gasteiger partial charge in [0.2, 0.25) is 11.9 Å². The number of likely N-dealkylation sites (tertiary alicyclic amines) is 2. The molecule has 1 saturated carbocycles. The average molecular weight is 715 g/mol. The second-order valence-electron chi connectivity index (χ2n) is 16.0. The van der Waals surface area contributed by atoms with E-state index in [4.69, 9.17) is 14.7 Å². The van der Waals surface area contributed by atoms with Gasteiger partial charge < -0.3 is 19.4 Å². The normalized spacial score (nSPS) is 21.3. The number of alkyl halides is 3. The maximum atomic E-state index is 14.0. The highest BCUT2D eigenvalue weighted by Gasteiger charge is 2.51. The van der Waals surface area contributed by atoms with E-state index in [1.165, 1.54) is 25.3 Å². The van der Waals surface area contributed by atoms with Crippen LogP contribution < -0.4 is 14.5 Å². The highest BCUT2D eigenvalue weighted by atomic mass is 19.4. The fraction of sp³-hybridized carbons (Fsp3) is 0.538. The molecule has 4 saturated heterocycles. The Balaban J connectivity index is 1.15. The number of aromatic amines is 1. The second kappa shape index (κ2) is 12.1. The van der Waals surface area contributed by atoms with Gasteiger partial charge >= 0.3 is 6.18 Å². The smallest absolute Gasteiger partial charge is 0.422 e. The van der Waals surface area contributed by atoms with Crippen LogP contribution in [0.3, 0.4) is 0 Å². The molecule has 2 aromatic carbocycles. The molecule has 0 bridgehead atoms. The third-order valence-corrected chi connectivity index (χ3v) is 12.6. The number of H-pyrrole nitrogens is 1. The Hall–Kier alpha value is -4.39. The highest BCUT2D eigenvalue weighted by Crippen LogP contribution is 2.53. The Morgan fingerprint density at radius 2 is 1.75 bits per heavy atom. The first-order valence-corrected chi connectivity index (χ1v) is 18.6. The Morgan fingerprint density at radius 1 is 1.00 bits per heavy atom. The van der Waals surface area contributed by atoms with Crippen LogP contribution in [0.2, 0.25) is 0 Å². The van der Waals surface area contributed by atoms with E-state index in [0.29, 0.717) is 53.4 Å². The molecule has 13 heteroatoms. The van der Waals surface area contributed by atoms with E-state index in [9.17, 15) is 18.0 Å². The molecule has 1 N–H and O–H groups in total. The largest absolute Gasteiger partial charge is 0.481 e. The number of halogens is 3. The molecule has 0 atom stereocenters. The fourth-order valence-electron chi connectivity index (χ4n) is 9.22. The highest BCUT2D eigenvalue weighted by molar-refractivity contribution is 6.06. The van der Waals surface area contributed by atoms with Gasteiger partial charge in [-0.2, -0.15) is 23.3 Å². The number of carbonyl (C=O) groups is 1. The Bertz CT molecular complexity index is 2070. The maximum Gasteiger partial charge on any atom is 0.422 e. The van der Waals surface area contributed by atoms with Gasteiger partial charge in [0.1, 0.15) is 11.3 Å². The molecule has 2 aromatic heterocycles. The Kier molecular flexibility index (Phi) is 7.77. The topological polar surface area (TPSA) is 93.7 Å². The lowest BCUT2D eigenvalue weighted by atomic mass is 9.72. The fourth-order valence-corrected chi connectivity index (χ4v) is 9.22. The summed E-state index contributed by atoms with van der Waals surface area (Å²) in [5.41, 5.74) is 4.95. The molecule has 5 aliphatic rings. The van der Waals surface area contributed by atoms with E-state index in [1.54, 1.807) is 6.20 Å². The summed E-state index contributed by atoms with van der Waals surface area (Å²) in [6, 6.07) is 6.38. The van der Waals surface area contributed by atoms with Crippen LogP contribution in [0, 0.1) is 17.8 Å². The number of ether oxygens (including phenoxy) is 1. The lowest BCUT2D eigenvalue weighted by Crippen LogP contribution is -2.61. The maximum absolute atomic E-state index is 14.0. The van der Waals surface area contributed by atoms with Gasteiger partial charge in [0.25, 0.3) is 0 Å². The van der Waals surface area contributed by atoms with Crippen LogP contribution in [0.1, 0.15) is 50.2 Å². The summed E-state index contributed by atoms with van der Waals surface area (Å²) in [6.07, 6.45) is 4.79. The number of carbonyl (C=O) groups excluding carboxylic acids is 1. The summed E-state index contributed by atoms with van der Waals surface area (Å²) in [5, 5.41) is 8.80. The van der Waals surface area contributed by atoms with Gasteiger partial charge in [0, 0.05) is 73.6 Å². The molecule has 10 nitrogen and oxygen atoms in total. The molecule has 274 valence electrons. The monoisotopic (exact) mass is 714 g/mol. The molecule has 0 unspecified atom stereocenters. The number of anilines is 2. The lowest BCUT2D eigenvalue weighted by Gasteiger charge is -2.54. The van der Waals surface area contributed by atoms with Crippen LogP contribution in [0.5, 0.6) is 5.75 Å². The minimum atomic E-state index is -4.55. The number of aryl methyl sites for hydroxylation is 2. The first-order valence-electron chi connectivity index (χ1n) is 18.6. The van der Waals surface area contributed by atoms with Crippen molar-refractivity contribution in [2.75, 3.05) is 68.8 Å². The van der Waals surface area contributed by atoms with Gasteiger partial charge in [-0.15, -0.1) is 0 Å². The summed E-state index contributed by atoms with van der Waals surface area (Å²) in [5.74, 6) is 1.35. The molecule has 4 aromatic rings. The summed E-state index contributed by atoms with van der Waals surface area (Å²) in [4.78, 5) is 31.5. The summed E-state index contributed by atoms with van der Waals surface area (Å²) in [7, 11) is 0. The van der Waals surface area contributed by atoms with Crippen LogP contribution >= 0.6 is 0 Å². The molecule has 5 fully saturated rings. The quantitative estimate of drug-likeness (QED) is 0.214. The van der Waals surface area contributed by atoms with Gasteiger partial charge in [-0.1, -0.05) is 19.6 Å². The van der Waals surface area contributed by atoms with Crippen molar-refractivity contribution in [1.29, 1.82) is 0 Å². The third-order valence-electron chi connectivity index (χ3n) is 12.6. The summed E-state index contributed by atoms with van der Waals surface area (Å²) in [6.45, 7) is 12.9. The van der Waals surface area contributed by atoms with Crippen molar-refractivity contribution in [3.63, 3.8) is 0 Å². The molecular weight excluding hydrogens is 669 g/mol. The van der Waals surface area contributed by atoms with E-state index in [-0.39, 0.29) is 17.1 Å². The van der Waals surface area contributed by atoms with Crippen molar-refractivity contribution >= 4 is 39.5 Å². The van der Waals surface area contributed by atoms with Gasteiger partial charge in [0.05, 0.1) is 11.7 Å². The molecule has 2 spiro atoms. The van der Waals surface area contributed by atoms with Crippen molar-refractivity contribution in [3.8, 4) is 16.9 Å². The Labute approximate surface area is 301 Å². The van der Waals surface area contributed by atoms with Crippen molar-refractivity contribution in [2.45, 2.75) is 64.6 Å². The first-order chi connectivity index (χ1) is 25.0. The Morgan fingerprint density at radius 3 is 2.42 bits per heavy atom. The average Bonchev–Trinajstić information content (AvgIpc) is 3.47. The number of hydrogen-bond acceptors (Lipinski definition) is 8. The lowest BCUT2D eigenvalue weighted by molar-refractivity contribution is -0.153. The number of rotatable bonds is 8. The standard InChI is InChI=1S/C39H45F3N8O2/c1-4-25-16-27-33(34(52-23-39(40,41)42)32(25)31-24(3)6-7-29-28(31)17-43-46-29)44-36(49-18-26(19-49)48-15-10-37(20-48)8-9-37)45-35(27)47-13-11-38(12-14-47)21-50(22-38)30(51)5-2/h5-7,16-17,26H,2,4,8-15,18-23H2,1,3H3,(H,43,46). The van der Waals surface area contributed by atoms with Crippen molar-refractivity contribution in [2.24, 2.45) is 10.8 Å². The number of piperidine rings is 1. The van der Waals surface area contributed by atoms with Crippen LogP contribution in [-0.4, -0.2) is 107 Å². The number of nitrogens with zero attached hydrogens (tertiary/aromatic N) is 7. The minimum absolute atomic E-state index is 0.0378. The zero-order chi connectivity index (χ0) is 36.0. The summed E-state index contributed by atoms with van der Waals surface area (Å²) < 4.78 is 48.0. The molecule has 1 amide bonds. The van der Waals surface area contributed by atoms with E-state index in [2.05, 4.69) is 37.5 Å². The molecule has 52 heavy (non-hydrogen) atoms. The van der Waals surface area contributed by atoms with Crippen molar-refractivity contribution in [3.05, 3.63) is 48.2 Å². The van der Waals surface area contributed by atoms with Crippen molar-refractivity contribution < 1.29 is 22.7 Å². The molecule has 0 radical (unpaired) electrons. The number of hydrogen-bond donors (Lipinski definition) is 1. The minimum Gasteiger partial charge on any atom is -0.481 e. The van der Waals surface area contributed by atoms with Crippen LogP contribution in [-0.2, 0) is 11.2 Å². The number of amides is 1. The first kappa shape index (κ1) is 33.4. The SMILES string of the molecule is C=CC(=O)N1CC2(CCN(c3nc(N4CC(N5CCC6(CC6)C5)C4)nc4c(OCC(F)(F)F)c(-c5c(C)ccc6[nH]ncc56)c(CC)cc34)CC2)C1. The zero-order valence-electron chi connectivity index (χ0n) is 29.9. The number of fused-ring (bicyclic) bond motifs is 2. The molecule has 6 heterocycles. The number of benzene rings is 2. The molecule has 1 aliphatic carbocycles. The number of aromatic nitrogens is 4. The van der Waals surface area contributed by atoms with Gasteiger partial charge in [-0.05, 0) is 92.3 Å². The van der Waals surface area contributed by atoms with Crippen molar-refractivity contribution in [1.82, 2.24) is 30.0 Å². The van der Waals surface area contributed by atoms with E-state index in [0.717, 1.165) is 85.5 Å². The van der Waals surface area contributed by atoms with Crippen LogP contribution in [0.25, 0.3) is 32.9 Å². The van der Waals surface area contributed by atoms with Crippen LogP contribution in [0.4, 0.5) is 24.9 Å². The summed E-state index contributed by atoms with van der Waals surface area (Å²) >= 11 is 0.